The predicted octanol–water partition coefficient (Wildman–Crippen LogP) is 2.36. The van der Waals surface area contributed by atoms with E-state index in [0.717, 1.165) is 0 Å². The van der Waals surface area contributed by atoms with Gasteiger partial charge >= 0.3 is 0 Å². The number of Topliss-reactive ketones (excluding diaryl/α,β-unsaturated/α-hetero) is 1. The third-order valence-corrected chi connectivity index (χ3v) is 5.12. The summed E-state index contributed by atoms with van der Waals surface area (Å²) in [6.45, 7) is 0. The number of ketones is 1. The highest BCUT2D eigenvalue weighted by molar-refractivity contribution is 8.01. The zero-order valence-electron chi connectivity index (χ0n) is 8.60. The number of rotatable bonds is 6. The van der Waals surface area contributed by atoms with Gasteiger partial charge < -0.3 is 0 Å². The molecule has 0 aromatic carbocycles. The molecule has 0 atom stereocenters. The molecular formula is C9H11ClO3S3. The van der Waals surface area contributed by atoms with Gasteiger partial charge in [-0.15, -0.1) is 11.3 Å². The summed E-state index contributed by atoms with van der Waals surface area (Å²) >= 11 is 8.28. The maximum Gasteiger partial charge on any atom is 0.182 e. The van der Waals surface area contributed by atoms with E-state index in [-0.39, 0.29) is 11.5 Å². The summed E-state index contributed by atoms with van der Waals surface area (Å²) in [5.41, 5.74) is 0. The lowest BCUT2D eigenvalue weighted by Crippen LogP contribution is -2.07. The van der Waals surface area contributed by atoms with Crippen LogP contribution in [0.4, 0.5) is 0 Å². The molecule has 16 heavy (non-hydrogen) atoms. The SMILES string of the molecule is CS(=O)(=O)CCSCC(=O)c1ccc(Cl)s1. The van der Waals surface area contributed by atoms with Crippen LogP contribution in [0.2, 0.25) is 4.34 Å². The number of carbonyl (C=O) groups is 1. The summed E-state index contributed by atoms with van der Waals surface area (Å²) in [5.74, 6) is 0.849. The minimum absolute atomic E-state index is 0.00426. The first-order valence-electron chi connectivity index (χ1n) is 4.42. The Kier molecular flexibility index (Phi) is 5.30. The molecule has 0 radical (unpaired) electrons. The van der Waals surface area contributed by atoms with E-state index in [9.17, 15) is 13.2 Å². The molecule has 0 spiro atoms. The van der Waals surface area contributed by atoms with E-state index in [1.165, 1.54) is 29.4 Å². The van der Waals surface area contributed by atoms with Crippen molar-refractivity contribution < 1.29 is 13.2 Å². The van der Waals surface area contributed by atoms with Gasteiger partial charge in [-0.05, 0) is 12.1 Å². The molecule has 1 heterocycles. The molecule has 0 amide bonds. The van der Waals surface area contributed by atoms with Gasteiger partial charge in [0.1, 0.15) is 9.84 Å². The molecule has 0 saturated carbocycles. The van der Waals surface area contributed by atoms with E-state index in [1.54, 1.807) is 12.1 Å². The Hall–Kier alpha value is -0.0400. The summed E-state index contributed by atoms with van der Waals surface area (Å²) in [6.07, 6.45) is 1.19. The van der Waals surface area contributed by atoms with E-state index in [1.807, 2.05) is 0 Å². The number of hydrogen-bond acceptors (Lipinski definition) is 5. The maximum atomic E-state index is 11.6. The molecule has 7 heteroatoms. The molecule has 0 bridgehead atoms. The topological polar surface area (TPSA) is 51.2 Å². The van der Waals surface area contributed by atoms with Crippen LogP contribution < -0.4 is 0 Å². The average Bonchev–Trinajstić information content (AvgIpc) is 2.57. The Labute approximate surface area is 108 Å². The number of hydrogen-bond donors (Lipinski definition) is 0. The molecule has 0 aliphatic carbocycles. The Balaban J connectivity index is 2.31. The minimum atomic E-state index is -2.93. The Morgan fingerprint density at radius 3 is 2.69 bits per heavy atom. The van der Waals surface area contributed by atoms with Crippen LogP contribution in [0.1, 0.15) is 9.67 Å². The van der Waals surface area contributed by atoms with Crippen molar-refractivity contribution in [3.8, 4) is 0 Å². The van der Waals surface area contributed by atoms with Gasteiger partial charge in [0.05, 0.1) is 20.7 Å². The zero-order chi connectivity index (χ0) is 12.2. The molecule has 90 valence electrons. The van der Waals surface area contributed by atoms with Crippen LogP contribution in [0.15, 0.2) is 12.1 Å². The molecule has 3 nitrogen and oxygen atoms in total. The average molecular weight is 299 g/mol. The Morgan fingerprint density at radius 1 is 1.50 bits per heavy atom. The smallest absolute Gasteiger partial charge is 0.182 e. The first-order valence-corrected chi connectivity index (χ1v) is 8.83. The van der Waals surface area contributed by atoms with E-state index >= 15 is 0 Å². The molecule has 0 fully saturated rings. The van der Waals surface area contributed by atoms with Crippen molar-refractivity contribution in [3.63, 3.8) is 0 Å². The summed E-state index contributed by atoms with van der Waals surface area (Å²) in [4.78, 5) is 12.2. The quantitative estimate of drug-likeness (QED) is 0.597. The van der Waals surface area contributed by atoms with Crippen LogP contribution in [0.5, 0.6) is 0 Å². The normalized spacial score (nSPS) is 11.6. The van der Waals surface area contributed by atoms with E-state index < -0.39 is 9.84 Å². The van der Waals surface area contributed by atoms with Gasteiger partial charge in [-0.2, -0.15) is 11.8 Å². The monoisotopic (exact) mass is 298 g/mol. The molecule has 0 unspecified atom stereocenters. The van der Waals surface area contributed by atoms with Crippen molar-refractivity contribution in [1.82, 2.24) is 0 Å². The fourth-order valence-electron chi connectivity index (χ4n) is 0.910. The summed E-state index contributed by atoms with van der Waals surface area (Å²) in [6, 6.07) is 3.37. The van der Waals surface area contributed by atoms with Crippen molar-refractivity contribution in [2.75, 3.05) is 23.5 Å². The van der Waals surface area contributed by atoms with E-state index in [0.29, 0.717) is 20.7 Å². The summed E-state index contributed by atoms with van der Waals surface area (Å²) in [5, 5.41) is 0. The lowest BCUT2D eigenvalue weighted by atomic mass is 10.4. The second kappa shape index (κ2) is 6.05. The molecule has 1 rings (SSSR count). The molecule has 0 N–H and O–H groups in total. The molecular weight excluding hydrogens is 288 g/mol. The fourth-order valence-corrected chi connectivity index (χ4v) is 4.15. The maximum absolute atomic E-state index is 11.6. The van der Waals surface area contributed by atoms with E-state index in [2.05, 4.69) is 0 Å². The number of carbonyl (C=O) groups excluding carboxylic acids is 1. The third-order valence-electron chi connectivity index (χ3n) is 1.68. The number of thiophene rings is 1. The zero-order valence-corrected chi connectivity index (χ0v) is 11.8. The van der Waals surface area contributed by atoms with Crippen molar-refractivity contribution in [2.45, 2.75) is 0 Å². The second-order valence-electron chi connectivity index (χ2n) is 3.21. The number of thioether (sulfide) groups is 1. The molecule has 1 aromatic heterocycles. The van der Waals surface area contributed by atoms with Crippen LogP contribution in [-0.2, 0) is 9.84 Å². The number of halogens is 1. The summed E-state index contributed by atoms with van der Waals surface area (Å²) in [7, 11) is -2.93. The van der Waals surface area contributed by atoms with Gasteiger partial charge in [0.2, 0.25) is 0 Å². The van der Waals surface area contributed by atoms with Crippen molar-refractivity contribution >= 4 is 50.3 Å². The van der Waals surface area contributed by atoms with Gasteiger partial charge in [-0.3, -0.25) is 4.79 Å². The molecule has 1 aromatic rings. The molecule has 0 saturated heterocycles. The van der Waals surface area contributed by atoms with Crippen LogP contribution in [-0.4, -0.2) is 37.7 Å². The van der Waals surface area contributed by atoms with Gasteiger partial charge in [-0.1, -0.05) is 11.6 Å². The predicted molar refractivity (Wildman–Crippen MR) is 70.7 cm³/mol. The molecule has 0 aliphatic heterocycles. The minimum Gasteiger partial charge on any atom is -0.292 e. The largest absolute Gasteiger partial charge is 0.292 e. The number of sulfone groups is 1. The van der Waals surface area contributed by atoms with Gasteiger partial charge in [0.15, 0.2) is 5.78 Å². The lowest BCUT2D eigenvalue weighted by Gasteiger charge is -1.98. The highest BCUT2D eigenvalue weighted by Crippen LogP contribution is 2.22. The Bertz CT molecular complexity index is 464. The van der Waals surface area contributed by atoms with Crippen LogP contribution in [0.25, 0.3) is 0 Å². The van der Waals surface area contributed by atoms with Crippen molar-refractivity contribution in [2.24, 2.45) is 0 Å². The fraction of sp³-hybridized carbons (Fsp3) is 0.444. The first-order chi connectivity index (χ1) is 7.38. The van der Waals surface area contributed by atoms with Gasteiger partial charge in [-0.25, -0.2) is 8.42 Å². The molecule has 0 aliphatic rings. The van der Waals surface area contributed by atoms with Gasteiger partial charge in [0, 0.05) is 12.0 Å². The van der Waals surface area contributed by atoms with Crippen LogP contribution in [0, 0.1) is 0 Å². The van der Waals surface area contributed by atoms with Crippen molar-refractivity contribution in [1.29, 1.82) is 0 Å². The highest BCUT2D eigenvalue weighted by Gasteiger charge is 2.09. The standard InChI is InChI=1S/C9H11ClO3S3/c1-16(12,13)5-4-14-6-7(11)8-2-3-9(10)15-8/h2-3H,4-6H2,1H3. The summed E-state index contributed by atoms with van der Waals surface area (Å²) < 4.78 is 22.3. The van der Waals surface area contributed by atoms with E-state index in [4.69, 9.17) is 11.6 Å². The lowest BCUT2D eigenvalue weighted by molar-refractivity contribution is 0.102. The second-order valence-corrected chi connectivity index (χ2v) is 8.29. The first kappa shape index (κ1) is 14.0. The Morgan fingerprint density at radius 2 is 2.19 bits per heavy atom. The highest BCUT2D eigenvalue weighted by atomic mass is 35.5. The van der Waals surface area contributed by atoms with Crippen molar-refractivity contribution in [3.05, 3.63) is 21.3 Å². The van der Waals surface area contributed by atoms with Crippen LogP contribution in [0.3, 0.4) is 0 Å². The van der Waals surface area contributed by atoms with Crippen LogP contribution >= 0.6 is 34.7 Å². The third kappa shape index (κ3) is 5.34. The van der Waals surface area contributed by atoms with Gasteiger partial charge in [0.25, 0.3) is 0 Å².